The third-order valence-electron chi connectivity index (χ3n) is 2.74. The summed E-state index contributed by atoms with van der Waals surface area (Å²) < 4.78 is 23.9. The summed E-state index contributed by atoms with van der Waals surface area (Å²) in [5.41, 5.74) is -0.321. The molecular weight excluding hydrogens is 303 g/mol. The van der Waals surface area contributed by atoms with Crippen LogP contribution in [0.5, 0.6) is 0 Å². The van der Waals surface area contributed by atoms with Crippen LogP contribution in [0.3, 0.4) is 0 Å². The van der Waals surface area contributed by atoms with E-state index in [0.29, 0.717) is 22.9 Å². The lowest BCUT2D eigenvalue weighted by atomic mass is 9.93. The minimum Gasteiger partial charge on any atom is -0.390 e. The van der Waals surface area contributed by atoms with Crippen LogP contribution in [-0.2, 0) is 15.9 Å². The maximum absolute atomic E-state index is 13.4. The number of benzene rings is 1. The highest BCUT2D eigenvalue weighted by Crippen LogP contribution is 2.27. The summed E-state index contributed by atoms with van der Waals surface area (Å²) in [5, 5.41) is 10.3. The third-order valence-corrected chi connectivity index (χ3v) is 3.62. The average molecular weight is 321 g/mol. The zero-order valence-corrected chi connectivity index (χ0v) is 12.3. The van der Waals surface area contributed by atoms with Gasteiger partial charge < -0.3 is 14.6 Å². The maximum atomic E-state index is 13.4. The average Bonchev–Trinajstić information content (AvgIpc) is 2.32. The SMILES string of the molecule is COC(CC(C)(O)Cc1cccc(F)c1Br)OC. The van der Waals surface area contributed by atoms with Gasteiger partial charge in [0, 0.05) is 27.1 Å². The number of hydrogen-bond donors (Lipinski definition) is 1. The molecule has 0 heterocycles. The number of aliphatic hydroxyl groups is 1. The molecule has 0 spiro atoms. The molecule has 0 saturated carbocycles. The lowest BCUT2D eigenvalue weighted by Gasteiger charge is -2.27. The number of hydrogen-bond acceptors (Lipinski definition) is 3. The molecule has 0 saturated heterocycles. The second-order valence-electron chi connectivity index (χ2n) is 4.49. The molecule has 102 valence electrons. The van der Waals surface area contributed by atoms with E-state index in [-0.39, 0.29) is 5.82 Å². The van der Waals surface area contributed by atoms with E-state index in [2.05, 4.69) is 15.9 Å². The largest absolute Gasteiger partial charge is 0.390 e. The summed E-state index contributed by atoms with van der Waals surface area (Å²) in [7, 11) is 3.03. The van der Waals surface area contributed by atoms with E-state index in [1.165, 1.54) is 20.3 Å². The van der Waals surface area contributed by atoms with E-state index in [4.69, 9.17) is 9.47 Å². The first kappa shape index (κ1) is 15.6. The van der Waals surface area contributed by atoms with Crippen molar-refractivity contribution >= 4 is 15.9 Å². The topological polar surface area (TPSA) is 38.7 Å². The van der Waals surface area contributed by atoms with Crippen LogP contribution in [-0.4, -0.2) is 31.2 Å². The fourth-order valence-electron chi connectivity index (χ4n) is 1.79. The summed E-state index contributed by atoms with van der Waals surface area (Å²) in [4.78, 5) is 0. The molecule has 0 fully saturated rings. The standard InChI is InChI=1S/C13H18BrFO3/c1-13(16,8-11(17-2)18-3)7-9-5-4-6-10(15)12(9)14/h4-6,11,16H,7-8H2,1-3H3. The van der Waals surface area contributed by atoms with Gasteiger partial charge in [-0.15, -0.1) is 0 Å². The predicted molar refractivity (Wildman–Crippen MR) is 70.9 cm³/mol. The van der Waals surface area contributed by atoms with E-state index in [1.54, 1.807) is 19.1 Å². The molecule has 1 atom stereocenters. The van der Waals surface area contributed by atoms with E-state index in [0.717, 1.165) is 0 Å². The summed E-state index contributed by atoms with van der Waals surface area (Å²) in [6, 6.07) is 4.77. The van der Waals surface area contributed by atoms with Gasteiger partial charge in [0.15, 0.2) is 6.29 Å². The van der Waals surface area contributed by atoms with Crippen LogP contribution >= 0.6 is 15.9 Å². The van der Waals surface area contributed by atoms with Gasteiger partial charge >= 0.3 is 0 Å². The Balaban J connectivity index is 2.78. The molecule has 1 N–H and O–H groups in total. The number of methoxy groups -OCH3 is 2. The molecule has 0 aliphatic rings. The minimum atomic E-state index is -1.03. The molecule has 0 radical (unpaired) electrons. The van der Waals surface area contributed by atoms with Crippen LogP contribution in [0.25, 0.3) is 0 Å². The molecule has 3 nitrogen and oxygen atoms in total. The Morgan fingerprint density at radius 3 is 2.56 bits per heavy atom. The van der Waals surface area contributed by atoms with Crippen molar-refractivity contribution in [3.05, 3.63) is 34.1 Å². The lowest BCUT2D eigenvalue weighted by molar-refractivity contribution is -0.139. The second-order valence-corrected chi connectivity index (χ2v) is 5.28. The highest BCUT2D eigenvalue weighted by Gasteiger charge is 2.27. The normalized spacial score (nSPS) is 14.8. The monoisotopic (exact) mass is 320 g/mol. The van der Waals surface area contributed by atoms with Gasteiger partial charge in [0.1, 0.15) is 5.82 Å². The Bertz CT molecular complexity index is 392. The van der Waals surface area contributed by atoms with Crippen LogP contribution in [0.4, 0.5) is 4.39 Å². The quantitative estimate of drug-likeness (QED) is 0.819. The molecule has 5 heteroatoms. The van der Waals surface area contributed by atoms with E-state index in [9.17, 15) is 9.50 Å². The first-order valence-electron chi connectivity index (χ1n) is 5.60. The maximum Gasteiger partial charge on any atom is 0.159 e. The first-order valence-corrected chi connectivity index (χ1v) is 6.40. The molecular formula is C13H18BrFO3. The number of halogens is 2. The molecule has 18 heavy (non-hydrogen) atoms. The van der Waals surface area contributed by atoms with Crippen LogP contribution < -0.4 is 0 Å². The predicted octanol–water partition coefficient (Wildman–Crippen LogP) is 2.89. The van der Waals surface area contributed by atoms with E-state index in [1.807, 2.05) is 0 Å². The Morgan fingerprint density at radius 2 is 2.00 bits per heavy atom. The van der Waals surface area contributed by atoms with E-state index >= 15 is 0 Å². The molecule has 0 amide bonds. The van der Waals surface area contributed by atoms with Gasteiger partial charge in [-0.25, -0.2) is 4.39 Å². The van der Waals surface area contributed by atoms with Crippen molar-refractivity contribution in [2.45, 2.75) is 31.7 Å². The van der Waals surface area contributed by atoms with Gasteiger partial charge in [0.05, 0.1) is 10.1 Å². The lowest BCUT2D eigenvalue weighted by Crippen LogP contribution is -2.34. The van der Waals surface area contributed by atoms with Crippen LogP contribution in [0.15, 0.2) is 22.7 Å². The van der Waals surface area contributed by atoms with Gasteiger partial charge in [0.2, 0.25) is 0 Å². The van der Waals surface area contributed by atoms with Crippen molar-refractivity contribution in [1.29, 1.82) is 0 Å². The number of rotatable bonds is 6. The van der Waals surface area contributed by atoms with Crippen LogP contribution in [0.1, 0.15) is 18.9 Å². The Morgan fingerprint density at radius 1 is 1.39 bits per heavy atom. The molecule has 1 aromatic carbocycles. The fraction of sp³-hybridized carbons (Fsp3) is 0.538. The minimum absolute atomic E-state index is 0.308. The molecule has 0 aliphatic carbocycles. The van der Waals surface area contributed by atoms with Crippen molar-refractivity contribution in [3.63, 3.8) is 0 Å². The van der Waals surface area contributed by atoms with Crippen LogP contribution in [0.2, 0.25) is 0 Å². The van der Waals surface area contributed by atoms with Gasteiger partial charge in [0.25, 0.3) is 0 Å². The van der Waals surface area contributed by atoms with E-state index < -0.39 is 11.9 Å². The second kappa shape index (κ2) is 6.61. The molecule has 0 bridgehead atoms. The molecule has 1 rings (SSSR count). The van der Waals surface area contributed by atoms with Gasteiger partial charge in [-0.1, -0.05) is 12.1 Å². The van der Waals surface area contributed by atoms with Gasteiger partial charge in [-0.2, -0.15) is 0 Å². The van der Waals surface area contributed by atoms with Crippen LogP contribution in [0, 0.1) is 5.82 Å². The van der Waals surface area contributed by atoms with Gasteiger partial charge in [-0.05, 0) is 34.5 Å². The highest BCUT2D eigenvalue weighted by atomic mass is 79.9. The zero-order valence-electron chi connectivity index (χ0n) is 10.7. The fourth-order valence-corrected chi connectivity index (χ4v) is 2.19. The third kappa shape index (κ3) is 4.31. The molecule has 0 aliphatic heterocycles. The first-order chi connectivity index (χ1) is 8.39. The Labute approximate surface area is 115 Å². The molecule has 1 aromatic rings. The van der Waals surface area contributed by atoms with Gasteiger partial charge in [-0.3, -0.25) is 0 Å². The summed E-state index contributed by atoms with van der Waals surface area (Å²) in [6.07, 6.45) is 0.143. The van der Waals surface area contributed by atoms with Crippen molar-refractivity contribution in [2.75, 3.05) is 14.2 Å². The van der Waals surface area contributed by atoms with Crippen molar-refractivity contribution in [1.82, 2.24) is 0 Å². The van der Waals surface area contributed by atoms with Crippen molar-refractivity contribution < 1.29 is 19.0 Å². The highest BCUT2D eigenvalue weighted by molar-refractivity contribution is 9.10. The molecule has 0 aromatic heterocycles. The Kier molecular flexibility index (Phi) is 5.72. The van der Waals surface area contributed by atoms with Crippen molar-refractivity contribution in [2.24, 2.45) is 0 Å². The summed E-state index contributed by atoms with van der Waals surface area (Å²) in [6.45, 7) is 1.68. The smallest absolute Gasteiger partial charge is 0.159 e. The number of ether oxygens (including phenoxy) is 2. The zero-order chi connectivity index (χ0) is 13.8. The summed E-state index contributed by atoms with van der Waals surface area (Å²) >= 11 is 3.18. The van der Waals surface area contributed by atoms with Crippen molar-refractivity contribution in [3.8, 4) is 0 Å². The summed E-state index contributed by atoms with van der Waals surface area (Å²) in [5.74, 6) is -0.335. The molecule has 1 unspecified atom stereocenters. The Hall–Kier alpha value is -0.490.